The summed E-state index contributed by atoms with van der Waals surface area (Å²) < 4.78 is 6.43. The number of para-hydroxylation sites is 2. The van der Waals surface area contributed by atoms with Gasteiger partial charge in [-0.1, -0.05) is 147 Å². The molecule has 242 valence electrons. The molecule has 1 aromatic heterocycles. The first-order valence-corrected chi connectivity index (χ1v) is 17.7. The van der Waals surface area contributed by atoms with Gasteiger partial charge in [-0.05, 0) is 86.6 Å². The summed E-state index contributed by atoms with van der Waals surface area (Å²) in [6.45, 7) is 4.74. The van der Waals surface area contributed by atoms with Gasteiger partial charge in [0.05, 0.1) is 17.1 Å². The minimum atomic E-state index is -0.200. The monoisotopic (exact) mass is 653 g/mol. The quantitative estimate of drug-likeness (QED) is 0.184. The molecule has 0 bridgehead atoms. The second kappa shape index (κ2) is 11.3. The molecule has 0 aliphatic heterocycles. The van der Waals surface area contributed by atoms with Crippen molar-refractivity contribution < 1.29 is 4.42 Å². The highest BCUT2D eigenvalue weighted by molar-refractivity contribution is 6.11. The first kappa shape index (κ1) is 29.5. The van der Waals surface area contributed by atoms with E-state index in [0.29, 0.717) is 0 Å². The molecule has 0 amide bonds. The fourth-order valence-electron chi connectivity index (χ4n) is 8.47. The minimum Gasteiger partial charge on any atom is -0.456 e. The molecule has 1 aliphatic carbocycles. The molecule has 1 aliphatic rings. The standard InChI is InChI=1S/C49H35NO/c1-49(2)42-23-11-8-21-38(42)39-22-14-26-45(48(39)49)50(43-24-12-9-19-36(43)32-15-4-3-5-16-32)44-25-13-10-20-37(44)35-27-28-46-40(30-35)41-29-33-17-6-7-18-34(33)31-47(41)51-46/h3-31H,1-2H3. The van der Waals surface area contributed by atoms with Gasteiger partial charge in [0.25, 0.3) is 0 Å². The van der Waals surface area contributed by atoms with Crippen LogP contribution in [0.15, 0.2) is 180 Å². The highest BCUT2D eigenvalue weighted by atomic mass is 16.3. The number of hydrogen-bond acceptors (Lipinski definition) is 2. The predicted molar refractivity (Wildman–Crippen MR) is 214 cm³/mol. The number of anilines is 3. The molecule has 0 spiro atoms. The second-order valence-electron chi connectivity index (χ2n) is 14.1. The lowest BCUT2D eigenvalue weighted by Crippen LogP contribution is -2.21. The molecule has 0 saturated heterocycles. The van der Waals surface area contributed by atoms with Crippen LogP contribution in [0.4, 0.5) is 17.1 Å². The average molecular weight is 654 g/mol. The fourth-order valence-corrected chi connectivity index (χ4v) is 8.47. The minimum absolute atomic E-state index is 0.200. The van der Waals surface area contributed by atoms with Gasteiger partial charge in [0.15, 0.2) is 0 Å². The third-order valence-corrected chi connectivity index (χ3v) is 10.8. The molecule has 8 aromatic carbocycles. The third kappa shape index (κ3) is 4.57. The van der Waals surface area contributed by atoms with E-state index in [9.17, 15) is 0 Å². The highest BCUT2D eigenvalue weighted by Gasteiger charge is 2.39. The van der Waals surface area contributed by atoms with Crippen molar-refractivity contribution in [2.24, 2.45) is 0 Å². The van der Waals surface area contributed by atoms with E-state index < -0.39 is 0 Å². The van der Waals surface area contributed by atoms with Crippen LogP contribution in [0.3, 0.4) is 0 Å². The van der Waals surface area contributed by atoms with E-state index in [-0.39, 0.29) is 5.41 Å². The van der Waals surface area contributed by atoms with Crippen LogP contribution in [0.2, 0.25) is 0 Å². The van der Waals surface area contributed by atoms with Crippen LogP contribution in [0.5, 0.6) is 0 Å². The summed E-state index contributed by atoms with van der Waals surface area (Å²) in [4.78, 5) is 2.51. The van der Waals surface area contributed by atoms with Crippen LogP contribution >= 0.6 is 0 Å². The van der Waals surface area contributed by atoms with Gasteiger partial charge in [0.2, 0.25) is 0 Å². The van der Waals surface area contributed by atoms with Crippen molar-refractivity contribution in [2.75, 3.05) is 4.90 Å². The van der Waals surface area contributed by atoms with Crippen molar-refractivity contribution in [3.63, 3.8) is 0 Å². The molecule has 0 fully saturated rings. The van der Waals surface area contributed by atoms with Gasteiger partial charge in [-0.2, -0.15) is 0 Å². The Morgan fingerprint density at radius 1 is 0.412 bits per heavy atom. The molecule has 2 heteroatoms. The van der Waals surface area contributed by atoms with E-state index in [1.807, 2.05) is 0 Å². The third-order valence-electron chi connectivity index (χ3n) is 10.8. The summed E-state index contributed by atoms with van der Waals surface area (Å²) in [5, 5.41) is 4.65. The average Bonchev–Trinajstić information content (AvgIpc) is 3.65. The van der Waals surface area contributed by atoms with E-state index in [2.05, 4.69) is 195 Å². The summed E-state index contributed by atoms with van der Waals surface area (Å²) in [7, 11) is 0. The molecule has 9 aromatic rings. The van der Waals surface area contributed by atoms with E-state index in [4.69, 9.17) is 4.42 Å². The Labute approximate surface area is 297 Å². The molecule has 2 nitrogen and oxygen atoms in total. The maximum absolute atomic E-state index is 6.43. The van der Waals surface area contributed by atoms with E-state index in [1.54, 1.807) is 0 Å². The predicted octanol–water partition coefficient (Wildman–Crippen LogP) is 13.8. The number of hydrogen-bond donors (Lipinski definition) is 0. The molecule has 51 heavy (non-hydrogen) atoms. The zero-order valence-corrected chi connectivity index (χ0v) is 28.6. The smallest absolute Gasteiger partial charge is 0.136 e. The zero-order valence-electron chi connectivity index (χ0n) is 28.6. The topological polar surface area (TPSA) is 16.4 Å². The van der Waals surface area contributed by atoms with Gasteiger partial charge in [0, 0.05) is 27.3 Å². The van der Waals surface area contributed by atoms with Crippen LogP contribution in [0.1, 0.15) is 25.0 Å². The SMILES string of the molecule is CC1(C)c2ccccc2-c2cccc(N(c3ccccc3-c3ccccc3)c3ccccc3-c3ccc4oc5cc6ccccc6cc5c4c3)c21. The number of furan rings is 1. The van der Waals surface area contributed by atoms with E-state index in [0.717, 1.165) is 44.4 Å². The molecule has 0 N–H and O–H groups in total. The zero-order chi connectivity index (χ0) is 34.1. The lowest BCUT2D eigenvalue weighted by Gasteiger charge is -2.34. The Kier molecular flexibility index (Phi) is 6.56. The van der Waals surface area contributed by atoms with Crippen LogP contribution in [0.25, 0.3) is 66.1 Å². The van der Waals surface area contributed by atoms with Crippen molar-refractivity contribution >= 4 is 49.8 Å². The number of rotatable bonds is 5. The Bertz CT molecular complexity index is 2790. The van der Waals surface area contributed by atoms with Gasteiger partial charge < -0.3 is 9.32 Å². The maximum atomic E-state index is 6.43. The number of benzene rings is 8. The molecule has 0 atom stereocenters. The number of nitrogens with zero attached hydrogens (tertiary/aromatic N) is 1. The number of fused-ring (bicyclic) bond motifs is 7. The van der Waals surface area contributed by atoms with Crippen molar-refractivity contribution in [2.45, 2.75) is 19.3 Å². The van der Waals surface area contributed by atoms with Crippen LogP contribution in [0, 0.1) is 0 Å². The molecular formula is C49H35NO. The molecular weight excluding hydrogens is 619 g/mol. The van der Waals surface area contributed by atoms with Gasteiger partial charge >= 0.3 is 0 Å². The van der Waals surface area contributed by atoms with Gasteiger partial charge in [0.1, 0.15) is 11.2 Å². The van der Waals surface area contributed by atoms with Gasteiger partial charge in [-0.25, -0.2) is 0 Å². The Hall–Kier alpha value is -6.38. The molecule has 0 unspecified atom stereocenters. The second-order valence-corrected chi connectivity index (χ2v) is 14.1. The van der Waals surface area contributed by atoms with Crippen molar-refractivity contribution in [1.29, 1.82) is 0 Å². The van der Waals surface area contributed by atoms with E-state index >= 15 is 0 Å². The van der Waals surface area contributed by atoms with Gasteiger partial charge in [-0.3, -0.25) is 0 Å². The fraction of sp³-hybridized carbons (Fsp3) is 0.0612. The molecule has 10 rings (SSSR count). The summed E-state index contributed by atoms with van der Waals surface area (Å²) in [5.41, 5.74) is 15.0. The van der Waals surface area contributed by atoms with Crippen molar-refractivity contribution in [1.82, 2.24) is 0 Å². The molecule has 1 heterocycles. The Morgan fingerprint density at radius 2 is 0.980 bits per heavy atom. The highest BCUT2D eigenvalue weighted by Crippen LogP contribution is 2.55. The Balaban J connectivity index is 1.24. The maximum Gasteiger partial charge on any atom is 0.136 e. The van der Waals surface area contributed by atoms with E-state index in [1.165, 1.54) is 49.8 Å². The largest absolute Gasteiger partial charge is 0.456 e. The van der Waals surface area contributed by atoms with Crippen LogP contribution in [-0.2, 0) is 5.41 Å². The summed E-state index contributed by atoms with van der Waals surface area (Å²) in [6.07, 6.45) is 0. The normalized spacial score (nSPS) is 13.1. The van der Waals surface area contributed by atoms with Crippen LogP contribution in [-0.4, -0.2) is 0 Å². The van der Waals surface area contributed by atoms with Crippen molar-refractivity contribution in [3.05, 3.63) is 187 Å². The summed E-state index contributed by atoms with van der Waals surface area (Å²) in [5.74, 6) is 0. The Morgan fingerprint density at radius 3 is 1.75 bits per heavy atom. The first-order chi connectivity index (χ1) is 25.1. The first-order valence-electron chi connectivity index (χ1n) is 17.7. The van der Waals surface area contributed by atoms with Gasteiger partial charge in [-0.15, -0.1) is 0 Å². The summed E-state index contributed by atoms with van der Waals surface area (Å²) in [6, 6.07) is 63.7. The lowest BCUT2D eigenvalue weighted by atomic mass is 9.81. The molecule has 0 saturated carbocycles. The van der Waals surface area contributed by atoms with Crippen LogP contribution < -0.4 is 4.90 Å². The summed E-state index contributed by atoms with van der Waals surface area (Å²) >= 11 is 0. The lowest BCUT2D eigenvalue weighted by molar-refractivity contribution is 0.661. The van der Waals surface area contributed by atoms with Crippen molar-refractivity contribution in [3.8, 4) is 33.4 Å². The molecule has 0 radical (unpaired) electrons.